The van der Waals surface area contributed by atoms with Gasteiger partial charge in [-0.2, -0.15) is 0 Å². The quantitative estimate of drug-likeness (QED) is 0.814. The van der Waals surface area contributed by atoms with Gasteiger partial charge in [0.2, 0.25) is 5.88 Å². The van der Waals surface area contributed by atoms with Gasteiger partial charge in [-0.3, -0.25) is 9.48 Å². The first-order chi connectivity index (χ1) is 9.15. The Balaban J connectivity index is 2.01. The fourth-order valence-corrected chi connectivity index (χ4v) is 2.47. The van der Waals surface area contributed by atoms with Crippen molar-refractivity contribution in [2.75, 3.05) is 33.9 Å². The van der Waals surface area contributed by atoms with Gasteiger partial charge < -0.3 is 14.4 Å². The van der Waals surface area contributed by atoms with Gasteiger partial charge in [-0.15, -0.1) is 5.10 Å². The second-order valence-corrected chi connectivity index (χ2v) is 4.92. The van der Waals surface area contributed by atoms with E-state index in [0.29, 0.717) is 17.4 Å². The highest BCUT2D eigenvalue weighted by molar-refractivity contribution is 5.96. The van der Waals surface area contributed by atoms with E-state index in [0.717, 1.165) is 32.5 Å². The molecule has 0 spiro atoms. The SMILES string of the molecule is COCC1CCN(C(=O)c2cn(C)nc2OC)CC1. The van der Waals surface area contributed by atoms with Gasteiger partial charge in [-0.25, -0.2) is 0 Å². The molecule has 1 aliphatic heterocycles. The van der Waals surface area contributed by atoms with Gasteiger partial charge in [0.25, 0.3) is 5.91 Å². The van der Waals surface area contributed by atoms with Gasteiger partial charge in [-0.05, 0) is 18.8 Å². The Hall–Kier alpha value is -1.56. The molecule has 0 aromatic carbocycles. The molecule has 1 aromatic heterocycles. The van der Waals surface area contributed by atoms with Gasteiger partial charge in [0.15, 0.2) is 0 Å². The Morgan fingerprint density at radius 2 is 2.11 bits per heavy atom. The second kappa shape index (κ2) is 6.06. The molecule has 1 saturated heterocycles. The number of amides is 1. The number of carbonyl (C=O) groups is 1. The molecule has 2 rings (SSSR count). The van der Waals surface area contributed by atoms with Crippen LogP contribution in [0.3, 0.4) is 0 Å². The third-order valence-corrected chi connectivity index (χ3v) is 3.52. The van der Waals surface area contributed by atoms with Crippen LogP contribution >= 0.6 is 0 Å². The van der Waals surface area contributed by atoms with E-state index in [1.54, 1.807) is 25.0 Å². The summed E-state index contributed by atoms with van der Waals surface area (Å²) in [4.78, 5) is 14.3. The number of aromatic nitrogens is 2. The minimum absolute atomic E-state index is 0.000756. The van der Waals surface area contributed by atoms with Gasteiger partial charge in [0.05, 0.1) is 7.11 Å². The fourth-order valence-electron chi connectivity index (χ4n) is 2.47. The summed E-state index contributed by atoms with van der Waals surface area (Å²) in [6.45, 7) is 2.31. The molecule has 0 saturated carbocycles. The number of aryl methyl sites for hydroxylation is 1. The van der Waals surface area contributed by atoms with Gasteiger partial charge >= 0.3 is 0 Å². The Kier molecular flexibility index (Phi) is 4.42. The molecule has 6 heteroatoms. The summed E-state index contributed by atoms with van der Waals surface area (Å²) >= 11 is 0. The van der Waals surface area contributed by atoms with Crippen LogP contribution in [0.25, 0.3) is 0 Å². The Morgan fingerprint density at radius 1 is 1.42 bits per heavy atom. The first-order valence-corrected chi connectivity index (χ1v) is 6.51. The monoisotopic (exact) mass is 267 g/mol. The maximum absolute atomic E-state index is 12.4. The number of methoxy groups -OCH3 is 2. The standard InChI is InChI=1S/C13H21N3O3/c1-15-8-11(12(14-15)19-3)13(17)16-6-4-10(5-7-16)9-18-2/h8,10H,4-7,9H2,1-3H3. The lowest BCUT2D eigenvalue weighted by atomic mass is 9.97. The maximum atomic E-state index is 12.4. The second-order valence-electron chi connectivity index (χ2n) is 4.92. The van der Waals surface area contributed by atoms with E-state index in [-0.39, 0.29) is 5.91 Å². The summed E-state index contributed by atoms with van der Waals surface area (Å²) in [5, 5.41) is 4.12. The van der Waals surface area contributed by atoms with Crippen LogP contribution in [0.15, 0.2) is 6.20 Å². The van der Waals surface area contributed by atoms with Crippen LogP contribution < -0.4 is 4.74 Å². The molecule has 0 bridgehead atoms. The van der Waals surface area contributed by atoms with Crippen molar-refractivity contribution in [3.63, 3.8) is 0 Å². The zero-order valence-corrected chi connectivity index (χ0v) is 11.8. The van der Waals surface area contributed by atoms with Crippen LogP contribution in [0.1, 0.15) is 23.2 Å². The van der Waals surface area contributed by atoms with Crippen molar-refractivity contribution in [3.8, 4) is 5.88 Å². The van der Waals surface area contributed by atoms with Crippen LogP contribution in [0, 0.1) is 5.92 Å². The molecule has 6 nitrogen and oxygen atoms in total. The summed E-state index contributed by atoms with van der Waals surface area (Å²) in [7, 11) is 5.03. The molecule has 0 atom stereocenters. The number of ether oxygens (including phenoxy) is 2. The number of nitrogens with zero attached hydrogens (tertiary/aromatic N) is 3. The highest BCUT2D eigenvalue weighted by Gasteiger charge is 2.26. The van der Waals surface area contributed by atoms with Crippen molar-refractivity contribution in [1.82, 2.24) is 14.7 Å². The van der Waals surface area contributed by atoms with Crippen LogP contribution in [0.5, 0.6) is 5.88 Å². The Morgan fingerprint density at radius 3 is 2.68 bits per heavy atom. The number of piperidine rings is 1. The smallest absolute Gasteiger partial charge is 0.260 e. The van der Waals surface area contributed by atoms with Crippen molar-refractivity contribution in [2.24, 2.45) is 13.0 Å². The molecule has 1 aromatic rings. The summed E-state index contributed by atoms with van der Waals surface area (Å²) in [5.41, 5.74) is 0.537. The summed E-state index contributed by atoms with van der Waals surface area (Å²) in [6.07, 6.45) is 3.69. The molecule has 1 fully saturated rings. The van der Waals surface area contributed by atoms with Crippen molar-refractivity contribution in [1.29, 1.82) is 0 Å². The van der Waals surface area contributed by atoms with Crippen LogP contribution in [-0.4, -0.2) is 54.5 Å². The number of rotatable bonds is 4. The predicted octanol–water partition coefficient (Wildman–Crippen LogP) is 0.927. The fraction of sp³-hybridized carbons (Fsp3) is 0.692. The van der Waals surface area contributed by atoms with Gasteiger partial charge in [-0.1, -0.05) is 0 Å². The van der Waals surface area contributed by atoms with Crippen LogP contribution in [-0.2, 0) is 11.8 Å². The van der Waals surface area contributed by atoms with E-state index in [4.69, 9.17) is 9.47 Å². The summed E-state index contributed by atoms with van der Waals surface area (Å²) < 4.78 is 11.9. The molecule has 1 amide bonds. The van der Waals surface area contributed by atoms with E-state index in [1.165, 1.54) is 7.11 Å². The summed E-state index contributed by atoms with van der Waals surface area (Å²) in [5.74, 6) is 0.956. The normalized spacial score (nSPS) is 16.7. The third kappa shape index (κ3) is 3.07. The predicted molar refractivity (Wildman–Crippen MR) is 70.3 cm³/mol. The average Bonchev–Trinajstić information content (AvgIpc) is 2.80. The molecule has 0 unspecified atom stereocenters. The third-order valence-electron chi connectivity index (χ3n) is 3.52. The van der Waals surface area contributed by atoms with E-state index in [2.05, 4.69) is 5.10 Å². The zero-order chi connectivity index (χ0) is 13.8. The van der Waals surface area contributed by atoms with E-state index in [9.17, 15) is 4.79 Å². The molecular weight excluding hydrogens is 246 g/mol. The number of likely N-dealkylation sites (tertiary alicyclic amines) is 1. The first-order valence-electron chi connectivity index (χ1n) is 6.51. The van der Waals surface area contributed by atoms with Gasteiger partial charge in [0.1, 0.15) is 5.56 Å². The lowest BCUT2D eigenvalue weighted by Gasteiger charge is -2.31. The number of hydrogen-bond donors (Lipinski definition) is 0. The molecule has 2 heterocycles. The molecule has 106 valence electrons. The van der Waals surface area contributed by atoms with Gasteiger partial charge in [0, 0.05) is 40.1 Å². The minimum atomic E-state index is 0.000756. The molecule has 0 N–H and O–H groups in total. The Bertz CT molecular complexity index is 436. The topological polar surface area (TPSA) is 56.6 Å². The highest BCUT2D eigenvalue weighted by Crippen LogP contribution is 2.22. The van der Waals surface area contributed by atoms with Crippen LogP contribution in [0.2, 0.25) is 0 Å². The zero-order valence-electron chi connectivity index (χ0n) is 11.8. The lowest BCUT2D eigenvalue weighted by Crippen LogP contribution is -2.39. The first kappa shape index (κ1) is 13.9. The summed E-state index contributed by atoms with van der Waals surface area (Å²) in [6, 6.07) is 0. The Labute approximate surface area is 113 Å². The van der Waals surface area contributed by atoms with E-state index in [1.807, 2.05) is 4.90 Å². The molecule has 0 radical (unpaired) electrons. The van der Waals surface area contributed by atoms with Crippen molar-refractivity contribution < 1.29 is 14.3 Å². The van der Waals surface area contributed by atoms with Crippen LogP contribution in [0.4, 0.5) is 0 Å². The maximum Gasteiger partial charge on any atom is 0.260 e. The van der Waals surface area contributed by atoms with Crippen molar-refractivity contribution >= 4 is 5.91 Å². The van der Waals surface area contributed by atoms with E-state index < -0.39 is 0 Å². The lowest BCUT2D eigenvalue weighted by molar-refractivity contribution is 0.0610. The average molecular weight is 267 g/mol. The number of carbonyl (C=O) groups excluding carboxylic acids is 1. The molecule has 0 aliphatic carbocycles. The van der Waals surface area contributed by atoms with Crippen molar-refractivity contribution in [2.45, 2.75) is 12.8 Å². The van der Waals surface area contributed by atoms with Crippen molar-refractivity contribution in [3.05, 3.63) is 11.8 Å². The minimum Gasteiger partial charge on any atom is -0.479 e. The largest absolute Gasteiger partial charge is 0.479 e. The number of hydrogen-bond acceptors (Lipinski definition) is 4. The molecular formula is C13H21N3O3. The van der Waals surface area contributed by atoms with E-state index >= 15 is 0 Å². The highest BCUT2D eigenvalue weighted by atomic mass is 16.5. The molecule has 19 heavy (non-hydrogen) atoms. The molecule has 1 aliphatic rings.